The summed E-state index contributed by atoms with van der Waals surface area (Å²) in [6, 6.07) is 0. The van der Waals surface area contributed by atoms with E-state index in [0.29, 0.717) is 0 Å². The summed E-state index contributed by atoms with van der Waals surface area (Å²) in [5.41, 5.74) is 0.263. The molecule has 0 heterocycles. The molecule has 0 amide bonds. The second-order valence-electron chi connectivity index (χ2n) is 4.54. The van der Waals surface area contributed by atoms with Gasteiger partial charge in [0.25, 0.3) is 0 Å². The first-order valence-electron chi connectivity index (χ1n) is 5.06. The Bertz CT molecular complexity index is 125. The van der Waals surface area contributed by atoms with Gasteiger partial charge in [0.2, 0.25) is 0 Å². The number of alkyl halides is 1. The highest BCUT2D eigenvalue weighted by Crippen LogP contribution is 2.42. The van der Waals surface area contributed by atoms with Crippen LogP contribution in [0.25, 0.3) is 0 Å². The SMILES string of the molecule is CCCCC(C)(C)C(C)(Cl)CC. The third-order valence-electron chi connectivity index (χ3n) is 3.23. The van der Waals surface area contributed by atoms with Crippen molar-refractivity contribution in [1.82, 2.24) is 0 Å². The average Bonchev–Trinajstić information content (AvgIpc) is 2.00. The Kier molecular flexibility index (Phi) is 4.61. The third-order valence-corrected chi connectivity index (χ3v) is 4.01. The molecule has 0 aliphatic rings. The zero-order valence-electron chi connectivity index (χ0n) is 9.21. The molecule has 74 valence electrons. The van der Waals surface area contributed by atoms with E-state index >= 15 is 0 Å². The fourth-order valence-electron chi connectivity index (χ4n) is 1.36. The molecule has 1 heteroatoms. The second-order valence-corrected chi connectivity index (χ2v) is 5.37. The van der Waals surface area contributed by atoms with Gasteiger partial charge in [0.1, 0.15) is 0 Å². The number of unbranched alkanes of at least 4 members (excludes halogenated alkanes) is 1. The first-order valence-corrected chi connectivity index (χ1v) is 5.44. The van der Waals surface area contributed by atoms with Crippen molar-refractivity contribution in [1.29, 1.82) is 0 Å². The van der Waals surface area contributed by atoms with Crippen LogP contribution in [0.5, 0.6) is 0 Å². The summed E-state index contributed by atoms with van der Waals surface area (Å²) < 4.78 is 0. The van der Waals surface area contributed by atoms with Crippen LogP contribution < -0.4 is 0 Å². The highest BCUT2D eigenvalue weighted by Gasteiger charge is 2.36. The predicted molar refractivity (Wildman–Crippen MR) is 57.9 cm³/mol. The lowest BCUT2D eigenvalue weighted by molar-refractivity contribution is 0.226. The van der Waals surface area contributed by atoms with Crippen LogP contribution in [0, 0.1) is 5.41 Å². The molecule has 0 fully saturated rings. The fourth-order valence-corrected chi connectivity index (χ4v) is 1.45. The minimum atomic E-state index is -0.0395. The van der Waals surface area contributed by atoms with Crippen LogP contribution in [0.1, 0.15) is 60.3 Å². The van der Waals surface area contributed by atoms with Gasteiger partial charge < -0.3 is 0 Å². The van der Waals surface area contributed by atoms with Crippen molar-refractivity contribution in [2.45, 2.75) is 65.2 Å². The Morgan fingerprint density at radius 3 is 1.92 bits per heavy atom. The normalized spacial score (nSPS) is 17.5. The molecule has 0 aromatic carbocycles. The Hall–Kier alpha value is 0.290. The van der Waals surface area contributed by atoms with E-state index in [-0.39, 0.29) is 10.3 Å². The summed E-state index contributed by atoms with van der Waals surface area (Å²) in [6.07, 6.45) is 4.83. The van der Waals surface area contributed by atoms with Gasteiger partial charge in [-0.3, -0.25) is 0 Å². The van der Waals surface area contributed by atoms with Gasteiger partial charge in [0, 0.05) is 4.87 Å². The topological polar surface area (TPSA) is 0 Å². The van der Waals surface area contributed by atoms with Gasteiger partial charge in [0.05, 0.1) is 0 Å². The smallest absolute Gasteiger partial charge is 0.0466 e. The van der Waals surface area contributed by atoms with Crippen molar-refractivity contribution in [2.75, 3.05) is 0 Å². The quantitative estimate of drug-likeness (QED) is 0.556. The fraction of sp³-hybridized carbons (Fsp3) is 1.00. The third kappa shape index (κ3) is 2.97. The maximum Gasteiger partial charge on any atom is 0.0466 e. The second kappa shape index (κ2) is 4.50. The number of halogens is 1. The number of hydrogen-bond donors (Lipinski definition) is 0. The van der Waals surface area contributed by atoms with Gasteiger partial charge in [-0.2, -0.15) is 0 Å². The molecule has 0 aromatic rings. The van der Waals surface area contributed by atoms with Gasteiger partial charge in [0.15, 0.2) is 0 Å². The summed E-state index contributed by atoms with van der Waals surface area (Å²) in [7, 11) is 0. The van der Waals surface area contributed by atoms with Crippen LogP contribution in [0.15, 0.2) is 0 Å². The molecule has 12 heavy (non-hydrogen) atoms. The zero-order valence-corrected chi connectivity index (χ0v) is 9.96. The average molecular weight is 191 g/mol. The van der Waals surface area contributed by atoms with E-state index in [2.05, 4.69) is 34.6 Å². The minimum Gasteiger partial charge on any atom is -0.119 e. The molecule has 0 rings (SSSR count). The Morgan fingerprint density at radius 2 is 1.58 bits per heavy atom. The largest absolute Gasteiger partial charge is 0.119 e. The maximum atomic E-state index is 6.45. The summed E-state index contributed by atoms with van der Waals surface area (Å²) in [6.45, 7) is 11.1. The molecule has 0 spiro atoms. The van der Waals surface area contributed by atoms with E-state index in [1.165, 1.54) is 19.3 Å². The van der Waals surface area contributed by atoms with E-state index in [1.807, 2.05) is 0 Å². The molecule has 1 atom stereocenters. The van der Waals surface area contributed by atoms with E-state index in [4.69, 9.17) is 11.6 Å². The highest BCUT2D eigenvalue weighted by molar-refractivity contribution is 6.24. The van der Waals surface area contributed by atoms with Crippen molar-refractivity contribution < 1.29 is 0 Å². The van der Waals surface area contributed by atoms with E-state index < -0.39 is 0 Å². The predicted octanol–water partition coefficient (Wildman–Crippen LogP) is 4.61. The molecule has 0 aliphatic heterocycles. The van der Waals surface area contributed by atoms with Crippen LogP contribution in [0.2, 0.25) is 0 Å². The van der Waals surface area contributed by atoms with Crippen molar-refractivity contribution in [3.05, 3.63) is 0 Å². The van der Waals surface area contributed by atoms with Gasteiger partial charge in [-0.15, -0.1) is 11.6 Å². The Balaban J connectivity index is 4.17. The molecule has 0 bridgehead atoms. The molecule has 1 unspecified atom stereocenters. The molecular weight excluding hydrogens is 168 g/mol. The first-order chi connectivity index (χ1) is 5.37. The van der Waals surface area contributed by atoms with Crippen molar-refractivity contribution in [3.8, 4) is 0 Å². The monoisotopic (exact) mass is 190 g/mol. The zero-order chi connectivity index (χ0) is 9.83. The standard InChI is InChI=1S/C11H23Cl/c1-6-8-9-10(3,4)11(5,12)7-2/h6-9H2,1-5H3. The lowest BCUT2D eigenvalue weighted by atomic mass is 9.74. The van der Waals surface area contributed by atoms with E-state index in [1.54, 1.807) is 0 Å². The molecular formula is C11H23Cl. The minimum absolute atomic E-state index is 0.0395. The molecule has 0 saturated carbocycles. The van der Waals surface area contributed by atoms with Crippen LogP contribution >= 0.6 is 11.6 Å². The molecule has 0 radical (unpaired) electrons. The molecule has 0 nitrogen and oxygen atoms in total. The van der Waals surface area contributed by atoms with Gasteiger partial charge in [-0.25, -0.2) is 0 Å². The first kappa shape index (κ1) is 12.3. The number of hydrogen-bond acceptors (Lipinski definition) is 0. The summed E-state index contributed by atoms with van der Waals surface area (Å²) >= 11 is 6.45. The van der Waals surface area contributed by atoms with Gasteiger partial charge in [-0.05, 0) is 25.2 Å². The Labute approximate surface area is 82.7 Å². The van der Waals surface area contributed by atoms with E-state index in [0.717, 1.165) is 6.42 Å². The van der Waals surface area contributed by atoms with Crippen LogP contribution in [0.4, 0.5) is 0 Å². The number of rotatable bonds is 5. The summed E-state index contributed by atoms with van der Waals surface area (Å²) in [5, 5.41) is 0. The van der Waals surface area contributed by atoms with Crippen molar-refractivity contribution >= 4 is 11.6 Å². The molecule has 0 N–H and O–H groups in total. The lowest BCUT2D eigenvalue weighted by Crippen LogP contribution is -2.35. The van der Waals surface area contributed by atoms with Crippen molar-refractivity contribution in [2.24, 2.45) is 5.41 Å². The maximum absolute atomic E-state index is 6.45. The summed E-state index contributed by atoms with van der Waals surface area (Å²) in [4.78, 5) is -0.0395. The molecule has 0 aromatic heterocycles. The van der Waals surface area contributed by atoms with Crippen LogP contribution in [-0.4, -0.2) is 4.87 Å². The van der Waals surface area contributed by atoms with Crippen LogP contribution in [-0.2, 0) is 0 Å². The van der Waals surface area contributed by atoms with Crippen molar-refractivity contribution in [3.63, 3.8) is 0 Å². The lowest BCUT2D eigenvalue weighted by Gasteiger charge is -2.39. The highest BCUT2D eigenvalue weighted by atomic mass is 35.5. The van der Waals surface area contributed by atoms with Gasteiger partial charge in [-0.1, -0.05) is 40.5 Å². The molecule has 0 aliphatic carbocycles. The molecule has 0 saturated heterocycles. The van der Waals surface area contributed by atoms with E-state index in [9.17, 15) is 0 Å². The summed E-state index contributed by atoms with van der Waals surface area (Å²) in [5.74, 6) is 0. The Morgan fingerprint density at radius 1 is 1.08 bits per heavy atom. The van der Waals surface area contributed by atoms with Crippen LogP contribution in [0.3, 0.4) is 0 Å². The van der Waals surface area contributed by atoms with Gasteiger partial charge >= 0.3 is 0 Å².